The third-order valence-electron chi connectivity index (χ3n) is 7.27. The van der Waals surface area contributed by atoms with Gasteiger partial charge in [-0.3, -0.25) is 9.48 Å². The quantitative estimate of drug-likeness (QED) is 0.341. The number of nitrogen functional groups attached to an aromatic ring is 1. The molecule has 1 unspecified atom stereocenters. The van der Waals surface area contributed by atoms with Crippen LogP contribution in [0.25, 0.3) is 21.8 Å². The van der Waals surface area contributed by atoms with Crippen LogP contribution >= 0.6 is 23.5 Å². The Hall–Kier alpha value is -2.92. The van der Waals surface area contributed by atoms with E-state index in [1.165, 1.54) is 12.1 Å². The van der Waals surface area contributed by atoms with E-state index in [9.17, 15) is 18.0 Å². The van der Waals surface area contributed by atoms with Gasteiger partial charge in [-0.25, -0.2) is 4.98 Å². The van der Waals surface area contributed by atoms with Crippen LogP contribution in [0.3, 0.4) is 0 Å². The number of rotatable bonds is 2. The number of anilines is 1. The predicted octanol–water partition coefficient (Wildman–Crippen LogP) is 5.88. The topological polar surface area (TPSA) is 77.0 Å². The van der Waals surface area contributed by atoms with Crippen LogP contribution in [-0.2, 0) is 13.2 Å². The van der Waals surface area contributed by atoms with E-state index in [0.29, 0.717) is 29.9 Å². The molecule has 0 aliphatic carbocycles. The van der Waals surface area contributed by atoms with Gasteiger partial charge in [0.05, 0.1) is 38.3 Å². The highest BCUT2D eigenvalue weighted by Gasteiger charge is 2.45. The van der Waals surface area contributed by atoms with Crippen molar-refractivity contribution in [3.8, 4) is 0 Å². The molecule has 2 aromatic carbocycles. The monoisotopic (exact) mass is 543 g/mol. The van der Waals surface area contributed by atoms with E-state index in [-0.39, 0.29) is 16.0 Å². The zero-order chi connectivity index (χ0) is 25.9. The molecule has 1 amide bonds. The number of thioether (sulfide) groups is 2. The van der Waals surface area contributed by atoms with Crippen LogP contribution in [0, 0.1) is 0 Å². The van der Waals surface area contributed by atoms with Crippen molar-refractivity contribution in [2.45, 2.75) is 29.1 Å². The van der Waals surface area contributed by atoms with Crippen molar-refractivity contribution >= 4 is 57.1 Å². The van der Waals surface area contributed by atoms with Gasteiger partial charge in [-0.15, -0.1) is 23.5 Å². The fraction of sp³-hybridized carbons (Fsp3) is 0.346. The number of pyridine rings is 1. The summed E-state index contributed by atoms with van der Waals surface area (Å²) in [6.07, 6.45) is -1.22. The Bertz CT molecular complexity index is 1510. The van der Waals surface area contributed by atoms with Gasteiger partial charge in [0.25, 0.3) is 5.91 Å². The molecule has 0 saturated carbocycles. The van der Waals surface area contributed by atoms with E-state index >= 15 is 0 Å². The van der Waals surface area contributed by atoms with E-state index in [0.717, 1.165) is 51.9 Å². The number of nitrogens with two attached hydrogens (primary N) is 1. The van der Waals surface area contributed by atoms with E-state index in [2.05, 4.69) is 10.1 Å². The van der Waals surface area contributed by atoms with Gasteiger partial charge in [0.2, 0.25) is 0 Å². The van der Waals surface area contributed by atoms with Crippen LogP contribution < -0.4 is 5.73 Å². The Kier molecular flexibility index (Phi) is 5.83. The SMILES string of the molecule is Cn1ncc2c(N)nc3ccc(C(=O)N4CCC5(CC4c4ccc(C(F)(F)F)cc4)SCCS5)cc3c21. The summed E-state index contributed by atoms with van der Waals surface area (Å²) in [5, 5.41) is 5.80. The molecule has 192 valence electrons. The number of nitrogens with zero attached hydrogens (tertiary/aromatic N) is 4. The van der Waals surface area contributed by atoms with Crippen LogP contribution in [0.5, 0.6) is 0 Å². The van der Waals surface area contributed by atoms with E-state index in [1.807, 2.05) is 41.5 Å². The number of hydrogen-bond donors (Lipinski definition) is 1. The number of piperidine rings is 1. The van der Waals surface area contributed by atoms with Gasteiger partial charge < -0.3 is 10.6 Å². The maximum Gasteiger partial charge on any atom is 0.416 e. The second-order valence-corrected chi connectivity index (χ2v) is 12.7. The highest BCUT2D eigenvalue weighted by Crippen LogP contribution is 2.55. The molecule has 6 nitrogen and oxygen atoms in total. The fourth-order valence-electron chi connectivity index (χ4n) is 5.40. The minimum Gasteiger partial charge on any atom is -0.383 e. The fourth-order valence-corrected chi connectivity index (χ4v) is 8.67. The number of amides is 1. The van der Waals surface area contributed by atoms with Gasteiger partial charge in [-0.05, 0) is 48.7 Å². The summed E-state index contributed by atoms with van der Waals surface area (Å²) in [5.74, 6) is 2.31. The van der Waals surface area contributed by atoms with Gasteiger partial charge in [0.1, 0.15) is 5.82 Å². The molecular formula is C26H24F3N5OS2. The number of carbonyl (C=O) groups excluding carboxylic acids is 1. The lowest BCUT2D eigenvalue weighted by molar-refractivity contribution is -0.137. The molecule has 11 heteroatoms. The molecule has 1 atom stereocenters. The summed E-state index contributed by atoms with van der Waals surface area (Å²) >= 11 is 3.81. The summed E-state index contributed by atoms with van der Waals surface area (Å²) in [6, 6.07) is 10.3. The molecule has 2 saturated heterocycles. The predicted molar refractivity (Wildman–Crippen MR) is 143 cm³/mol. The van der Waals surface area contributed by atoms with Crippen molar-refractivity contribution in [3.63, 3.8) is 0 Å². The molecule has 2 aliphatic heterocycles. The van der Waals surface area contributed by atoms with Crippen LogP contribution in [0.15, 0.2) is 48.7 Å². The Morgan fingerprint density at radius 2 is 1.84 bits per heavy atom. The molecule has 37 heavy (non-hydrogen) atoms. The van der Waals surface area contributed by atoms with E-state index in [1.54, 1.807) is 23.0 Å². The number of aromatic nitrogens is 3. The molecule has 0 bridgehead atoms. The summed E-state index contributed by atoms with van der Waals surface area (Å²) in [7, 11) is 1.82. The molecule has 2 fully saturated rings. The Labute approximate surface area is 219 Å². The zero-order valence-corrected chi connectivity index (χ0v) is 21.6. The molecular weight excluding hydrogens is 519 g/mol. The number of hydrogen-bond acceptors (Lipinski definition) is 6. The van der Waals surface area contributed by atoms with Crippen molar-refractivity contribution in [2.75, 3.05) is 23.8 Å². The summed E-state index contributed by atoms with van der Waals surface area (Å²) in [4.78, 5) is 20.2. The zero-order valence-electron chi connectivity index (χ0n) is 20.0. The molecule has 1 spiro atoms. The lowest BCUT2D eigenvalue weighted by Crippen LogP contribution is -2.45. The van der Waals surface area contributed by atoms with E-state index < -0.39 is 11.7 Å². The first kappa shape index (κ1) is 24.4. The molecule has 2 aromatic heterocycles. The second-order valence-electron chi connectivity index (χ2n) is 9.46. The smallest absolute Gasteiger partial charge is 0.383 e. The average Bonchev–Trinajstić information content (AvgIpc) is 3.50. The second kappa shape index (κ2) is 8.83. The third kappa shape index (κ3) is 4.21. The number of aryl methyl sites for hydroxylation is 1. The molecule has 2 N–H and O–H groups in total. The van der Waals surface area contributed by atoms with Crippen LogP contribution in [0.4, 0.5) is 19.0 Å². The lowest BCUT2D eigenvalue weighted by Gasteiger charge is -2.44. The molecule has 4 aromatic rings. The molecule has 6 rings (SSSR count). The maximum atomic E-state index is 13.9. The van der Waals surface area contributed by atoms with Gasteiger partial charge in [-0.2, -0.15) is 18.3 Å². The van der Waals surface area contributed by atoms with Gasteiger partial charge >= 0.3 is 6.18 Å². The third-order valence-corrected chi connectivity index (χ3v) is 10.8. The van der Waals surface area contributed by atoms with Gasteiger partial charge in [0, 0.05) is 36.0 Å². The standard InChI is InChI=1S/C26H24F3N5OS2/c1-33-22-18-12-16(4-7-20(18)32-23(30)19(22)14-31-33)24(35)34-9-8-25(36-10-11-37-25)13-21(34)15-2-5-17(6-3-15)26(27,28)29/h2-7,12,14,21H,8-11,13H2,1H3,(H2,30,32). The minimum absolute atomic E-state index is 0.0180. The molecule has 4 heterocycles. The van der Waals surface area contributed by atoms with Gasteiger partial charge in [0.15, 0.2) is 0 Å². The number of carbonyl (C=O) groups is 1. The highest BCUT2D eigenvalue weighted by molar-refractivity contribution is 8.21. The number of likely N-dealkylation sites (tertiary alicyclic amines) is 1. The number of benzene rings is 2. The number of alkyl halides is 3. The summed E-state index contributed by atoms with van der Waals surface area (Å²) in [5.41, 5.74) is 8.11. The first-order chi connectivity index (χ1) is 17.7. The van der Waals surface area contributed by atoms with Crippen LogP contribution in [0.1, 0.15) is 40.4 Å². The lowest BCUT2D eigenvalue weighted by atomic mass is 9.92. The Morgan fingerprint density at radius 1 is 1.11 bits per heavy atom. The minimum atomic E-state index is -4.40. The molecule has 2 aliphatic rings. The van der Waals surface area contributed by atoms with Crippen LogP contribution in [-0.4, -0.2) is 47.7 Å². The van der Waals surface area contributed by atoms with Crippen LogP contribution in [0.2, 0.25) is 0 Å². The van der Waals surface area contributed by atoms with E-state index in [4.69, 9.17) is 5.73 Å². The normalized spacial score (nSPS) is 19.8. The number of fused-ring (bicyclic) bond motifs is 3. The Morgan fingerprint density at radius 3 is 2.54 bits per heavy atom. The molecule has 0 radical (unpaired) electrons. The van der Waals surface area contributed by atoms with Crippen molar-refractivity contribution in [2.24, 2.45) is 7.05 Å². The first-order valence-corrected chi connectivity index (χ1v) is 13.9. The number of halogens is 3. The van der Waals surface area contributed by atoms with Crippen molar-refractivity contribution in [3.05, 3.63) is 65.4 Å². The summed E-state index contributed by atoms with van der Waals surface area (Å²) < 4.78 is 41.3. The van der Waals surface area contributed by atoms with Crippen molar-refractivity contribution < 1.29 is 18.0 Å². The van der Waals surface area contributed by atoms with Gasteiger partial charge in [-0.1, -0.05) is 12.1 Å². The highest BCUT2D eigenvalue weighted by atomic mass is 32.2. The maximum absolute atomic E-state index is 13.9. The average molecular weight is 544 g/mol. The largest absolute Gasteiger partial charge is 0.416 e. The van der Waals surface area contributed by atoms with Crippen molar-refractivity contribution in [1.82, 2.24) is 19.7 Å². The Balaban J connectivity index is 1.40. The van der Waals surface area contributed by atoms with Crippen molar-refractivity contribution in [1.29, 1.82) is 0 Å². The summed E-state index contributed by atoms with van der Waals surface area (Å²) in [6.45, 7) is 0.531. The first-order valence-electron chi connectivity index (χ1n) is 11.9.